The second-order valence-electron chi connectivity index (χ2n) is 4.94. The molecule has 0 unspecified atom stereocenters. The van der Waals surface area contributed by atoms with Gasteiger partial charge >= 0.3 is 0 Å². The van der Waals surface area contributed by atoms with Crippen molar-refractivity contribution in [1.82, 2.24) is 14.5 Å². The van der Waals surface area contributed by atoms with Gasteiger partial charge in [-0.1, -0.05) is 18.3 Å². The third-order valence-corrected chi connectivity index (χ3v) is 3.71. The number of nitrogens with zero attached hydrogens (tertiary/aromatic N) is 3. The Kier molecular flexibility index (Phi) is 4.02. The van der Waals surface area contributed by atoms with E-state index < -0.39 is 0 Å². The van der Waals surface area contributed by atoms with Gasteiger partial charge < -0.3 is 14.6 Å². The number of hydrogen-bond acceptors (Lipinski definition) is 4. The monoisotopic (exact) mass is 312 g/mol. The number of aromatic nitrogens is 3. The molecule has 0 fully saturated rings. The largest absolute Gasteiger partial charge is 0.496 e. The summed E-state index contributed by atoms with van der Waals surface area (Å²) in [5.41, 5.74) is 3.83. The number of aryl methyl sites for hydroxylation is 1. The zero-order valence-electron chi connectivity index (χ0n) is 12.4. The van der Waals surface area contributed by atoms with Crippen molar-refractivity contribution in [2.24, 2.45) is 7.05 Å². The number of anilines is 1. The minimum atomic E-state index is 0.565. The molecule has 0 spiro atoms. The molecule has 22 heavy (non-hydrogen) atoms. The fourth-order valence-corrected chi connectivity index (χ4v) is 2.64. The Balaban J connectivity index is 1.81. The number of hydrogen-bond donors (Lipinski definition) is 1. The summed E-state index contributed by atoms with van der Waals surface area (Å²) in [4.78, 5) is 9.24. The van der Waals surface area contributed by atoms with Crippen molar-refractivity contribution >= 4 is 33.9 Å². The van der Waals surface area contributed by atoms with Crippen molar-refractivity contribution < 1.29 is 4.74 Å². The summed E-state index contributed by atoms with van der Waals surface area (Å²) >= 11 is 5.47. The predicted molar refractivity (Wildman–Crippen MR) is 91.4 cm³/mol. The van der Waals surface area contributed by atoms with Crippen molar-refractivity contribution in [1.29, 1.82) is 0 Å². The molecule has 5 nitrogen and oxygen atoms in total. The highest BCUT2D eigenvalue weighted by Crippen LogP contribution is 2.22. The molecule has 0 aliphatic heterocycles. The molecule has 112 valence electrons. The maximum atomic E-state index is 5.47. The number of thiocarbonyl (C=S) groups is 1. The Labute approximate surface area is 134 Å². The van der Waals surface area contributed by atoms with E-state index in [0.717, 1.165) is 28.0 Å². The highest BCUT2D eigenvalue weighted by atomic mass is 32.1. The molecule has 3 aromatic rings. The molecule has 0 amide bonds. The Bertz CT molecular complexity index is 828. The summed E-state index contributed by atoms with van der Waals surface area (Å²) in [7, 11) is 3.61. The quantitative estimate of drug-likeness (QED) is 0.751. The minimum Gasteiger partial charge on any atom is -0.496 e. The van der Waals surface area contributed by atoms with Crippen LogP contribution < -0.4 is 10.1 Å². The molecular formula is C16H16N4OS. The summed E-state index contributed by atoms with van der Waals surface area (Å²) in [5.74, 6) is 0.787. The molecule has 6 heteroatoms. The molecule has 1 N–H and O–H groups in total. The van der Waals surface area contributed by atoms with Gasteiger partial charge in [-0.05, 0) is 18.2 Å². The van der Waals surface area contributed by atoms with Crippen LogP contribution in [0, 0.1) is 0 Å². The smallest absolute Gasteiger partial charge is 0.125 e. The maximum Gasteiger partial charge on any atom is 0.125 e. The molecule has 2 heterocycles. The van der Waals surface area contributed by atoms with E-state index in [9.17, 15) is 0 Å². The average molecular weight is 312 g/mol. The molecule has 1 aromatic carbocycles. The third-order valence-electron chi connectivity index (χ3n) is 3.46. The Morgan fingerprint density at radius 3 is 3.05 bits per heavy atom. The molecule has 2 aromatic heterocycles. The topological polar surface area (TPSA) is 52.0 Å². The van der Waals surface area contributed by atoms with Gasteiger partial charge in [0, 0.05) is 31.4 Å². The predicted octanol–water partition coefficient (Wildman–Crippen LogP) is 2.96. The van der Waals surface area contributed by atoms with Crippen molar-refractivity contribution in [3.63, 3.8) is 0 Å². The van der Waals surface area contributed by atoms with Crippen molar-refractivity contribution in [2.45, 2.75) is 6.42 Å². The zero-order valence-corrected chi connectivity index (χ0v) is 13.2. The second-order valence-corrected chi connectivity index (χ2v) is 5.43. The molecule has 0 aliphatic carbocycles. The first-order valence-electron chi connectivity index (χ1n) is 6.86. The van der Waals surface area contributed by atoms with E-state index in [0.29, 0.717) is 11.4 Å². The third kappa shape index (κ3) is 2.78. The van der Waals surface area contributed by atoms with E-state index in [1.54, 1.807) is 25.8 Å². The van der Waals surface area contributed by atoms with E-state index in [2.05, 4.69) is 15.3 Å². The first-order valence-corrected chi connectivity index (χ1v) is 7.26. The fourth-order valence-electron chi connectivity index (χ4n) is 2.37. The Hall–Kier alpha value is -2.47. The van der Waals surface area contributed by atoms with Gasteiger partial charge in [0.25, 0.3) is 0 Å². The van der Waals surface area contributed by atoms with Crippen molar-refractivity contribution in [3.05, 3.63) is 48.5 Å². The number of benzene rings is 1. The number of ether oxygens (including phenoxy) is 1. The molecule has 0 saturated carbocycles. The maximum absolute atomic E-state index is 5.47. The zero-order chi connectivity index (χ0) is 15.5. The van der Waals surface area contributed by atoms with Crippen LogP contribution in [0.25, 0.3) is 11.0 Å². The minimum absolute atomic E-state index is 0.565. The SMILES string of the molecule is COc1ccncc1CC(=S)Nc1cccc2c1ncn2C. The van der Waals surface area contributed by atoms with Crippen LogP contribution in [-0.4, -0.2) is 26.6 Å². The number of fused-ring (bicyclic) bond motifs is 1. The lowest BCUT2D eigenvalue weighted by molar-refractivity contribution is 0.410. The summed E-state index contributed by atoms with van der Waals surface area (Å²) in [5, 5.41) is 3.27. The number of imidazole rings is 1. The van der Waals surface area contributed by atoms with Crippen LogP contribution in [0.2, 0.25) is 0 Å². The molecule has 0 aliphatic rings. The molecule has 0 bridgehead atoms. The van der Waals surface area contributed by atoms with E-state index in [-0.39, 0.29) is 0 Å². The van der Waals surface area contributed by atoms with Crippen LogP contribution >= 0.6 is 12.2 Å². The lowest BCUT2D eigenvalue weighted by Gasteiger charge is -2.11. The van der Waals surface area contributed by atoms with E-state index in [1.807, 2.05) is 35.9 Å². The number of methoxy groups -OCH3 is 1. The number of pyridine rings is 1. The van der Waals surface area contributed by atoms with Crippen LogP contribution in [0.5, 0.6) is 5.75 Å². The van der Waals surface area contributed by atoms with Gasteiger partial charge in [-0.25, -0.2) is 4.98 Å². The van der Waals surface area contributed by atoms with Crippen LogP contribution in [0.3, 0.4) is 0 Å². The lowest BCUT2D eigenvalue weighted by atomic mass is 10.2. The van der Waals surface area contributed by atoms with Crippen molar-refractivity contribution in [3.8, 4) is 5.75 Å². The first kappa shape index (κ1) is 14.5. The van der Waals surface area contributed by atoms with Crippen LogP contribution in [-0.2, 0) is 13.5 Å². The fraction of sp³-hybridized carbons (Fsp3) is 0.188. The Morgan fingerprint density at radius 2 is 2.23 bits per heavy atom. The number of rotatable bonds is 4. The van der Waals surface area contributed by atoms with Gasteiger partial charge in [0.05, 0.1) is 29.6 Å². The van der Waals surface area contributed by atoms with Gasteiger partial charge in [0.15, 0.2) is 0 Å². The highest BCUT2D eigenvalue weighted by molar-refractivity contribution is 7.80. The number of para-hydroxylation sites is 1. The van der Waals surface area contributed by atoms with Gasteiger partial charge in [0.2, 0.25) is 0 Å². The molecule has 0 radical (unpaired) electrons. The standard InChI is InChI=1S/C16H16N4OS/c1-20-10-18-16-12(4-3-5-13(16)20)19-15(22)8-11-9-17-7-6-14(11)21-2/h3-7,9-10H,8H2,1-2H3,(H,19,22). The second kappa shape index (κ2) is 6.11. The lowest BCUT2D eigenvalue weighted by Crippen LogP contribution is -2.13. The summed E-state index contributed by atoms with van der Waals surface area (Å²) in [6, 6.07) is 7.82. The van der Waals surface area contributed by atoms with Crippen LogP contribution in [0.15, 0.2) is 43.0 Å². The van der Waals surface area contributed by atoms with E-state index in [1.165, 1.54) is 0 Å². The van der Waals surface area contributed by atoms with Crippen LogP contribution in [0.4, 0.5) is 5.69 Å². The summed E-state index contributed by atoms with van der Waals surface area (Å²) in [6.45, 7) is 0. The van der Waals surface area contributed by atoms with Gasteiger partial charge in [-0.3, -0.25) is 4.98 Å². The van der Waals surface area contributed by atoms with E-state index in [4.69, 9.17) is 17.0 Å². The Morgan fingerprint density at radius 1 is 1.36 bits per heavy atom. The van der Waals surface area contributed by atoms with Gasteiger partial charge in [0.1, 0.15) is 11.3 Å². The normalized spacial score (nSPS) is 10.6. The van der Waals surface area contributed by atoms with E-state index >= 15 is 0 Å². The molecule has 3 rings (SSSR count). The highest BCUT2D eigenvalue weighted by Gasteiger charge is 2.09. The average Bonchev–Trinajstić information content (AvgIpc) is 2.90. The summed E-state index contributed by atoms with van der Waals surface area (Å²) in [6.07, 6.45) is 5.83. The van der Waals surface area contributed by atoms with Crippen molar-refractivity contribution in [2.75, 3.05) is 12.4 Å². The summed E-state index contributed by atoms with van der Waals surface area (Å²) < 4.78 is 7.31. The van der Waals surface area contributed by atoms with Crippen LogP contribution in [0.1, 0.15) is 5.56 Å². The molecule has 0 saturated heterocycles. The number of nitrogens with one attached hydrogen (secondary N) is 1. The molecular weight excluding hydrogens is 296 g/mol. The first-order chi connectivity index (χ1) is 10.7. The van der Waals surface area contributed by atoms with Gasteiger partial charge in [-0.2, -0.15) is 0 Å². The molecule has 0 atom stereocenters. The van der Waals surface area contributed by atoms with Gasteiger partial charge in [-0.15, -0.1) is 0 Å².